The van der Waals surface area contributed by atoms with Gasteiger partial charge in [0.05, 0.1) is 17.8 Å². The SMILES string of the molecule is CCn1ncc(OC[C@H]2CCN2C(=O)OC(C)(C)C)c1-c1ccn2nc(N)cc2c1. The summed E-state index contributed by atoms with van der Waals surface area (Å²) in [7, 11) is 0. The van der Waals surface area contributed by atoms with Gasteiger partial charge in [-0.2, -0.15) is 10.2 Å². The molecule has 0 bridgehead atoms. The molecule has 4 heterocycles. The van der Waals surface area contributed by atoms with E-state index in [0.29, 0.717) is 31.3 Å². The van der Waals surface area contributed by atoms with Crippen LogP contribution in [0, 0.1) is 0 Å². The predicted molar refractivity (Wildman–Crippen MR) is 113 cm³/mol. The van der Waals surface area contributed by atoms with Gasteiger partial charge in [-0.05, 0) is 46.2 Å². The van der Waals surface area contributed by atoms with Crippen LogP contribution in [0.4, 0.5) is 10.6 Å². The minimum Gasteiger partial charge on any atom is -0.487 e. The van der Waals surface area contributed by atoms with E-state index in [0.717, 1.165) is 23.2 Å². The summed E-state index contributed by atoms with van der Waals surface area (Å²) in [5.41, 5.74) is 8.05. The van der Waals surface area contributed by atoms with Crippen molar-refractivity contribution >= 4 is 17.4 Å². The molecule has 1 amide bonds. The van der Waals surface area contributed by atoms with E-state index < -0.39 is 5.60 Å². The molecule has 0 spiro atoms. The number of ether oxygens (including phenoxy) is 2. The van der Waals surface area contributed by atoms with Crippen LogP contribution in [-0.4, -0.2) is 55.2 Å². The van der Waals surface area contributed by atoms with Crippen LogP contribution >= 0.6 is 0 Å². The lowest BCUT2D eigenvalue weighted by atomic mass is 10.1. The second-order valence-electron chi connectivity index (χ2n) is 8.45. The average Bonchev–Trinajstić information content (AvgIpc) is 3.20. The summed E-state index contributed by atoms with van der Waals surface area (Å²) in [6, 6.07) is 5.79. The largest absolute Gasteiger partial charge is 0.487 e. The maximum atomic E-state index is 12.3. The van der Waals surface area contributed by atoms with Crippen molar-refractivity contribution in [1.82, 2.24) is 24.3 Å². The number of likely N-dealkylation sites (tertiary alicyclic amines) is 1. The van der Waals surface area contributed by atoms with E-state index in [9.17, 15) is 4.79 Å². The number of amides is 1. The second kappa shape index (κ2) is 7.55. The smallest absolute Gasteiger partial charge is 0.410 e. The molecule has 1 saturated heterocycles. The highest BCUT2D eigenvalue weighted by Crippen LogP contribution is 2.32. The third-order valence-corrected chi connectivity index (χ3v) is 5.06. The number of nitrogens with zero attached hydrogens (tertiary/aromatic N) is 5. The van der Waals surface area contributed by atoms with E-state index in [2.05, 4.69) is 10.2 Å². The Morgan fingerprint density at radius 3 is 2.80 bits per heavy atom. The molecule has 9 nitrogen and oxygen atoms in total. The third kappa shape index (κ3) is 3.92. The number of nitrogen functional groups attached to an aromatic ring is 1. The molecule has 160 valence electrons. The van der Waals surface area contributed by atoms with Crippen molar-refractivity contribution in [2.45, 2.75) is 52.3 Å². The first-order valence-corrected chi connectivity index (χ1v) is 10.2. The topological polar surface area (TPSA) is 99.9 Å². The molecule has 1 aliphatic rings. The van der Waals surface area contributed by atoms with E-state index in [1.54, 1.807) is 15.6 Å². The van der Waals surface area contributed by atoms with Crippen LogP contribution in [0.1, 0.15) is 34.1 Å². The Balaban J connectivity index is 1.51. The molecule has 2 N–H and O–H groups in total. The number of hydrogen-bond acceptors (Lipinski definition) is 6. The Hall–Kier alpha value is -3.23. The molecule has 0 saturated carbocycles. The van der Waals surface area contributed by atoms with Gasteiger partial charge in [0, 0.05) is 30.9 Å². The first kappa shape index (κ1) is 20.1. The number of anilines is 1. The number of fused-ring (bicyclic) bond motifs is 1. The molecule has 3 aromatic heterocycles. The number of pyridine rings is 1. The van der Waals surface area contributed by atoms with Gasteiger partial charge in [-0.15, -0.1) is 0 Å². The Kier molecular flexibility index (Phi) is 5.05. The van der Waals surface area contributed by atoms with Crippen LogP contribution < -0.4 is 10.5 Å². The summed E-state index contributed by atoms with van der Waals surface area (Å²) in [6.07, 6.45) is 4.19. The van der Waals surface area contributed by atoms with E-state index in [-0.39, 0.29) is 12.1 Å². The lowest BCUT2D eigenvalue weighted by Crippen LogP contribution is -2.55. The predicted octanol–water partition coefficient (Wildman–Crippen LogP) is 3.19. The van der Waals surface area contributed by atoms with Crippen LogP contribution in [0.15, 0.2) is 30.6 Å². The normalized spacial score (nSPS) is 16.5. The van der Waals surface area contributed by atoms with Gasteiger partial charge in [-0.3, -0.25) is 4.68 Å². The van der Waals surface area contributed by atoms with Gasteiger partial charge in [0.1, 0.15) is 23.7 Å². The van der Waals surface area contributed by atoms with Crippen LogP contribution in [0.25, 0.3) is 16.8 Å². The maximum Gasteiger partial charge on any atom is 0.410 e. The van der Waals surface area contributed by atoms with Gasteiger partial charge in [-0.25, -0.2) is 9.31 Å². The monoisotopic (exact) mass is 412 g/mol. The fourth-order valence-corrected chi connectivity index (χ4v) is 3.53. The quantitative estimate of drug-likeness (QED) is 0.691. The van der Waals surface area contributed by atoms with Crippen LogP contribution in [0.3, 0.4) is 0 Å². The zero-order chi connectivity index (χ0) is 21.5. The molecule has 4 rings (SSSR count). The summed E-state index contributed by atoms with van der Waals surface area (Å²) in [4.78, 5) is 14.1. The van der Waals surface area contributed by atoms with Crippen LogP contribution in [-0.2, 0) is 11.3 Å². The van der Waals surface area contributed by atoms with Crippen molar-refractivity contribution in [2.24, 2.45) is 0 Å². The highest BCUT2D eigenvalue weighted by atomic mass is 16.6. The average molecular weight is 412 g/mol. The van der Waals surface area contributed by atoms with Gasteiger partial charge in [0.25, 0.3) is 0 Å². The zero-order valence-electron chi connectivity index (χ0n) is 17.8. The van der Waals surface area contributed by atoms with Crippen LogP contribution in [0.5, 0.6) is 5.75 Å². The van der Waals surface area contributed by atoms with Crippen molar-refractivity contribution in [3.8, 4) is 17.0 Å². The van der Waals surface area contributed by atoms with Crippen molar-refractivity contribution in [3.63, 3.8) is 0 Å². The molecular formula is C21H28N6O3. The van der Waals surface area contributed by atoms with E-state index in [1.165, 1.54) is 0 Å². The maximum absolute atomic E-state index is 12.3. The second-order valence-corrected chi connectivity index (χ2v) is 8.45. The number of aryl methyl sites for hydroxylation is 1. The van der Waals surface area contributed by atoms with Gasteiger partial charge in [0.15, 0.2) is 5.75 Å². The lowest BCUT2D eigenvalue weighted by Gasteiger charge is -2.40. The highest BCUT2D eigenvalue weighted by molar-refractivity contribution is 5.72. The first-order chi connectivity index (χ1) is 14.2. The molecule has 1 fully saturated rings. The molecule has 30 heavy (non-hydrogen) atoms. The van der Waals surface area contributed by atoms with Gasteiger partial charge in [0.2, 0.25) is 0 Å². The number of rotatable bonds is 5. The van der Waals surface area contributed by atoms with Crippen molar-refractivity contribution in [3.05, 3.63) is 30.6 Å². The lowest BCUT2D eigenvalue weighted by molar-refractivity contribution is -0.0141. The molecule has 9 heteroatoms. The molecule has 0 unspecified atom stereocenters. The molecule has 1 atom stereocenters. The number of hydrogen-bond donors (Lipinski definition) is 1. The number of nitrogens with two attached hydrogens (primary N) is 1. The first-order valence-electron chi connectivity index (χ1n) is 10.2. The van der Waals surface area contributed by atoms with E-state index in [4.69, 9.17) is 15.2 Å². The Morgan fingerprint density at radius 1 is 1.33 bits per heavy atom. The Bertz CT molecular complexity index is 1060. The van der Waals surface area contributed by atoms with Gasteiger partial charge >= 0.3 is 6.09 Å². The summed E-state index contributed by atoms with van der Waals surface area (Å²) >= 11 is 0. The van der Waals surface area contributed by atoms with Gasteiger partial charge < -0.3 is 20.1 Å². The van der Waals surface area contributed by atoms with Crippen molar-refractivity contribution in [2.75, 3.05) is 18.9 Å². The molecular weight excluding hydrogens is 384 g/mol. The number of carbonyl (C=O) groups excluding carboxylic acids is 1. The third-order valence-electron chi connectivity index (χ3n) is 5.06. The van der Waals surface area contributed by atoms with E-state index in [1.807, 2.05) is 56.8 Å². The summed E-state index contributed by atoms with van der Waals surface area (Å²) < 4.78 is 15.2. The fourth-order valence-electron chi connectivity index (χ4n) is 3.53. The van der Waals surface area contributed by atoms with Crippen molar-refractivity contribution in [1.29, 1.82) is 0 Å². The summed E-state index contributed by atoms with van der Waals surface area (Å²) in [5.74, 6) is 1.16. The minimum atomic E-state index is -0.511. The number of aromatic nitrogens is 4. The Morgan fingerprint density at radius 2 is 2.13 bits per heavy atom. The number of carbonyl (C=O) groups is 1. The zero-order valence-corrected chi connectivity index (χ0v) is 17.8. The summed E-state index contributed by atoms with van der Waals surface area (Å²) in [5, 5.41) is 8.68. The molecule has 0 aliphatic carbocycles. The molecule has 0 aromatic carbocycles. The fraction of sp³-hybridized carbons (Fsp3) is 0.476. The highest BCUT2D eigenvalue weighted by Gasteiger charge is 2.36. The van der Waals surface area contributed by atoms with Crippen LogP contribution in [0.2, 0.25) is 0 Å². The van der Waals surface area contributed by atoms with Crippen molar-refractivity contribution < 1.29 is 14.3 Å². The van der Waals surface area contributed by atoms with E-state index >= 15 is 0 Å². The molecule has 0 radical (unpaired) electrons. The summed E-state index contributed by atoms with van der Waals surface area (Å²) in [6.45, 7) is 9.42. The molecule has 3 aromatic rings. The Labute approximate surface area is 175 Å². The van der Waals surface area contributed by atoms with Gasteiger partial charge in [-0.1, -0.05) is 0 Å². The standard InChI is InChI=1S/C21H28N6O3/c1-5-26-19(14-6-9-27-16(10-14)11-18(22)24-27)17(12-23-26)29-13-15-7-8-25(15)20(28)30-21(2,3)4/h6,9-12,15H,5,7-8,13H2,1-4H3,(H2,22,24)/t15-/m1/s1. The minimum absolute atomic E-state index is 0.00483. The molecule has 1 aliphatic heterocycles.